The summed E-state index contributed by atoms with van der Waals surface area (Å²) in [6, 6.07) is 4.60. The molecule has 3 heteroatoms. The second-order valence-electron chi connectivity index (χ2n) is 4.66. The van der Waals surface area contributed by atoms with Crippen LogP contribution in [0.2, 0.25) is 0 Å². The van der Waals surface area contributed by atoms with Crippen molar-refractivity contribution in [3.63, 3.8) is 0 Å². The van der Waals surface area contributed by atoms with Crippen LogP contribution in [0.5, 0.6) is 0 Å². The van der Waals surface area contributed by atoms with Gasteiger partial charge in [-0.05, 0) is 29.2 Å². The Morgan fingerprint density at radius 1 is 1.27 bits per heavy atom. The van der Waals surface area contributed by atoms with Gasteiger partial charge in [-0.2, -0.15) is 0 Å². The molecule has 82 valence electrons. The van der Waals surface area contributed by atoms with Gasteiger partial charge in [-0.1, -0.05) is 20.8 Å². The molecule has 0 fully saturated rings. The summed E-state index contributed by atoms with van der Waals surface area (Å²) in [5.74, 6) is -0.522. The molecule has 0 aliphatic rings. The molecule has 0 saturated carbocycles. The standard InChI is InChI=1S/C12H16FNO/c1-8(15)14-11-6-9(12(2,3)4)5-10(13)7-11/h5-7H,1-4H3,(H,14,15). The van der Waals surface area contributed by atoms with E-state index < -0.39 is 0 Å². The van der Waals surface area contributed by atoms with E-state index in [2.05, 4.69) is 5.32 Å². The summed E-state index contributed by atoms with van der Waals surface area (Å²) in [5, 5.41) is 2.58. The number of rotatable bonds is 1. The average molecular weight is 209 g/mol. The molecule has 1 aromatic rings. The van der Waals surface area contributed by atoms with Gasteiger partial charge in [0.05, 0.1) is 0 Å². The Morgan fingerprint density at radius 2 is 1.87 bits per heavy atom. The quantitative estimate of drug-likeness (QED) is 0.756. The Morgan fingerprint density at radius 3 is 2.33 bits per heavy atom. The molecule has 0 spiro atoms. The molecular formula is C12H16FNO. The van der Waals surface area contributed by atoms with E-state index in [0.29, 0.717) is 5.69 Å². The van der Waals surface area contributed by atoms with Crippen molar-refractivity contribution in [3.8, 4) is 0 Å². The zero-order valence-electron chi connectivity index (χ0n) is 9.52. The fraction of sp³-hybridized carbons (Fsp3) is 0.417. The van der Waals surface area contributed by atoms with Crippen molar-refractivity contribution in [1.82, 2.24) is 0 Å². The highest BCUT2D eigenvalue weighted by Crippen LogP contribution is 2.26. The molecule has 0 unspecified atom stereocenters. The first kappa shape index (κ1) is 11.7. The highest BCUT2D eigenvalue weighted by molar-refractivity contribution is 5.88. The number of anilines is 1. The molecule has 15 heavy (non-hydrogen) atoms. The molecule has 1 rings (SSSR count). The molecule has 0 aliphatic carbocycles. The highest BCUT2D eigenvalue weighted by atomic mass is 19.1. The van der Waals surface area contributed by atoms with Crippen LogP contribution in [0.3, 0.4) is 0 Å². The van der Waals surface area contributed by atoms with E-state index in [1.165, 1.54) is 19.1 Å². The number of hydrogen-bond acceptors (Lipinski definition) is 1. The van der Waals surface area contributed by atoms with Crippen LogP contribution in [-0.2, 0) is 10.2 Å². The van der Waals surface area contributed by atoms with Gasteiger partial charge in [0.25, 0.3) is 0 Å². The minimum Gasteiger partial charge on any atom is -0.326 e. The summed E-state index contributed by atoms with van der Waals surface area (Å²) < 4.78 is 13.3. The lowest BCUT2D eigenvalue weighted by atomic mass is 9.87. The summed E-state index contributed by atoms with van der Waals surface area (Å²) >= 11 is 0. The second kappa shape index (κ2) is 4.01. The van der Waals surface area contributed by atoms with Gasteiger partial charge in [0.1, 0.15) is 5.82 Å². The van der Waals surface area contributed by atoms with Crippen molar-refractivity contribution in [3.05, 3.63) is 29.6 Å². The first-order valence-corrected chi connectivity index (χ1v) is 4.88. The van der Waals surface area contributed by atoms with Gasteiger partial charge in [-0.15, -0.1) is 0 Å². The van der Waals surface area contributed by atoms with E-state index in [1.54, 1.807) is 6.07 Å². The van der Waals surface area contributed by atoms with E-state index in [4.69, 9.17) is 0 Å². The number of hydrogen-bond donors (Lipinski definition) is 1. The number of carbonyl (C=O) groups is 1. The third kappa shape index (κ3) is 3.35. The molecule has 1 N–H and O–H groups in total. The van der Waals surface area contributed by atoms with Gasteiger partial charge >= 0.3 is 0 Å². The van der Waals surface area contributed by atoms with E-state index in [9.17, 15) is 9.18 Å². The van der Waals surface area contributed by atoms with E-state index in [0.717, 1.165) is 5.56 Å². The summed E-state index contributed by atoms with van der Waals surface area (Å²) in [4.78, 5) is 10.9. The Hall–Kier alpha value is -1.38. The van der Waals surface area contributed by atoms with Gasteiger partial charge in [-0.3, -0.25) is 4.79 Å². The summed E-state index contributed by atoms with van der Waals surface area (Å²) in [6.07, 6.45) is 0. The monoisotopic (exact) mass is 209 g/mol. The van der Waals surface area contributed by atoms with Crippen LogP contribution in [0.25, 0.3) is 0 Å². The van der Waals surface area contributed by atoms with Crippen molar-refractivity contribution in [2.45, 2.75) is 33.1 Å². The fourth-order valence-electron chi connectivity index (χ4n) is 1.30. The number of carbonyl (C=O) groups excluding carboxylic acids is 1. The molecule has 1 aromatic carbocycles. The van der Waals surface area contributed by atoms with E-state index >= 15 is 0 Å². The largest absolute Gasteiger partial charge is 0.326 e. The number of benzene rings is 1. The molecule has 0 heterocycles. The van der Waals surface area contributed by atoms with Gasteiger partial charge < -0.3 is 5.32 Å². The van der Waals surface area contributed by atoms with Crippen molar-refractivity contribution in [2.75, 3.05) is 5.32 Å². The molecule has 0 radical (unpaired) electrons. The molecule has 1 amide bonds. The van der Waals surface area contributed by atoms with E-state index in [-0.39, 0.29) is 17.1 Å². The predicted molar refractivity (Wildman–Crippen MR) is 59.4 cm³/mol. The molecule has 0 bridgehead atoms. The molecule has 0 aromatic heterocycles. The van der Waals surface area contributed by atoms with Crippen molar-refractivity contribution in [2.24, 2.45) is 0 Å². The summed E-state index contributed by atoms with van der Waals surface area (Å²) in [6.45, 7) is 7.40. The Bertz CT molecular complexity index is 380. The molecule has 0 aliphatic heterocycles. The zero-order valence-corrected chi connectivity index (χ0v) is 9.52. The maximum atomic E-state index is 13.3. The minimum atomic E-state index is -0.328. The minimum absolute atomic E-state index is 0.130. The second-order valence-corrected chi connectivity index (χ2v) is 4.66. The zero-order chi connectivity index (χ0) is 11.6. The topological polar surface area (TPSA) is 29.1 Å². The lowest BCUT2D eigenvalue weighted by Crippen LogP contribution is -2.13. The van der Waals surface area contributed by atoms with Crippen LogP contribution >= 0.6 is 0 Å². The Kier molecular flexibility index (Phi) is 3.12. The first-order valence-electron chi connectivity index (χ1n) is 4.88. The Balaban J connectivity index is 3.11. The normalized spacial score (nSPS) is 11.3. The molecular weight excluding hydrogens is 193 g/mol. The molecule has 2 nitrogen and oxygen atoms in total. The number of nitrogens with one attached hydrogen (secondary N) is 1. The number of amides is 1. The van der Waals surface area contributed by atoms with E-state index in [1.807, 2.05) is 20.8 Å². The third-order valence-electron chi connectivity index (χ3n) is 2.08. The predicted octanol–water partition coefficient (Wildman–Crippen LogP) is 3.08. The van der Waals surface area contributed by atoms with Crippen LogP contribution in [0, 0.1) is 5.82 Å². The SMILES string of the molecule is CC(=O)Nc1cc(F)cc(C(C)(C)C)c1. The fourth-order valence-corrected chi connectivity index (χ4v) is 1.30. The van der Waals surface area contributed by atoms with Gasteiger partial charge in [0.15, 0.2) is 0 Å². The summed E-state index contributed by atoms with van der Waals surface area (Å²) in [7, 11) is 0. The van der Waals surface area contributed by atoms with Crippen LogP contribution in [0.15, 0.2) is 18.2 Å². The lowest BCUT2D eigenvalue weighted by molar-refractivity contribution is -0.114. The van der Waals surface area contributed by atoms with Crippen molar-refractivity contribution >= 4 is 11.6 Å². The average Bonchev–Trinajstić information content (AvgIpc) is 1.99. The van der Waals surface area contributed by atoms with Crippen LogP contribution in [0.4, 0.5) is 10.1 Å². The van der Waals surface area contributed by atoms with Crippen LogP contribution in [0.1, 0.15) is 33.3 Å². The Labute approximate surface area is 89.5 Å². The van der Waals surface area contributed by atoms with Crippen LogP contribution < -0.4 is 5.32 Å². The lowest BCUT2D eigenvalue weighted by Gasteiger charge is -2.20. The molecule has 0 atom stereocenters. The van der Waals surface area contributed by atoms with Crippen LogP contribution in [-0.4, -0.2) is 5.91 Å². The first-order chi connectivity index (χ1) is 6.79. The van der Waals surface area contributed by atoms with Gasteiger partial charge in [0, 0.05) is 12.6 Å². The smallest absolute Gasteiger partial charge is 0.221 e. The highest BCUT2D eigenvalue weighted by Gasteiger charge is 2.15. The molecule has 0 saturated heterocycles. The maximum Gasteiger partial charge on any atom is 0.221 e. The van der Waals surface area contributed by atoms with Crippen molar-refractivity contribution < 1.29 is 9.18 Å². The number of halogens is 1. The maximum absolute atomic E-state index is 13.3. The third-order valence-corrected chi connectivity index (χ3v) is 2.08. The van der Waals surface area contributed by atoms with Crippen molar-refractivity contribution in [1.29, 1.82) is 0 Å². The summed E-state index contributed by atoms with van der Waals surface area (Å²) in [5.41, 5.74) is 1.24. The van der Waals surface area contributed by atoms with Gasteiger partial charge in [-0.25, -0.2) is 4.39 Å². The van der Waals surface area contributed by atoms with Gasteiger partial charge in [0.2, 0.25) is 5.91 Å².